The molecular formula is C8H11P. The van der Waals surface area contributed by atoms with Crippen LogP contribution in [0.4, 0.5) is 0 Å². The summed E-state index contributed by atoms with van der Waals surface area (Å²) < 4.78 is 0. The molecule has 0 aromatic rings. The largest absolute Gasteiger partial charge is 0.114 e. The lowest BCUT2D eigenvalue weighted by Crippen LogP contribution is -2.06. The van der Waals surface area contributed by atoms with Gasteiger partial charge in [-0.2, -0.15) is 0 Å². The van der Waals surface area contributed by atoms with Crippen molar-refractivity contribution in [1.82, 2.24) is 0 Å². The third-order valence-electron chi connectivity index (χ3n) is 2.11. The standard InChI is InChI=1S/C8H11P/c1-2-4-8-7(3-1)5-6-9-8/h1-4,7-9H,5-6H2. The summed E-state index contributed by atoms with van der Waals surface area (Å²) in [5.41, 5.74) is 0.926. The number of rotatable bonds is 0. The highest BCUT2D eigenvalue weighted by molar-refractivity contribution is 7.39. The second kappa shape index (κ2) is 2.27. The van der Waals surface area contributed by atoms with Crippen molar-refractivity contribution in [2.24, 2.45) is 5.92 Å². The molecule has 1 fully saturated rings. The number of allylic oxidation sites excluding steroid dienone is 4. The zero-order chi connectivity index (χ0) is 6.10. The molecule has 0 radical (unpaired) electrons. The molecule has 0 aromatic carbocycles. The van der Waals surface area contributed by atoms with E-state index in [0.29, 0.717) is 0 Å². The third kappa shape index (κ3) is 0.966. The van der Waals surface area contributed by atoms with Gasteiger partial charge in [-0.1, -0.05) is 24.3 Å². The Morgan fingerprint density at radius 3 is 3.00 bits per heavy atom. The Morgan fingerprint density at radius 2 is 2.11 bits per heavy atom. The van der Waals surface area contributed by atoms with E-state index >= 15 is 0 Å². The van der Waals surface area contributed by atoms with E-state index in [1.54, 1.807) is 0 Å². The highest BCUT2D eigenvalue weighted by Crippen LogP contribution is 2.40. The quantitative estimate of drug-likeness (QED) is 0.450. The van der Waals surface area contributed by atoms with Crippen LogP contribution in [0.3, 0.4) is 0 Å². The fourth-order valence-corrected chi connectivity index (χ4v) is 3.23. The second-order valence-electron chi connectivity index (χ2n) is 2.70. The predicted molar refractivity (Wildman–Crippen MR) is 43.4 cm³/mol. The summed E-state index contributed by atoms with van der Waals surface area (Å²) >= 11 is 0. The van der Waals surface area contributed by atoms with E-state index in [1.807, 2.05) is 0 Å². The van der Waals surface area contributed by atoms with Crippen molar-refractivity contribution < 1.29 is 0 Å². The van der Waals surface area contributed by atoms with Gasteiger partial charge in [0.1, 0.15) is 0 Å². The molecule has 3 unspecified atom stereocenters. The first-order valence-electron chi connectivity index (χ1n) is 3.55. The van der Waals surface area contributed by atoms with Gasteiger partial charge in [-0.3, -0.25) is 0 Å². The Kier molecular flexibility index (Phi) is 1.43. The summed E-state index contributed by atoms with van der Waals surface area (Å²) in [5, 5.41) is 0. The molecular weight excluding hydrogens is 127 g/mol. The molecule has 3 atom stereocenters. The molecule has 0 N–H and O–H groups in total. The second-order valence-corrected chi connectivity index (χ2v) is 4.28. The molecule has 1 saturated heterocycles. The minimum absolute atomic E-state index is 0.910. The fourth-order valence-electron chi connectivity index (χ4n) is 1.57. The van der Waals surface area contributed by atoms with Gasteiger partial charge >= 0.3 is 0 Å². The smallest absolute Gasteiger partial charge is 0.000888 e. The molecule has 0 spiro atoms. The normalized spacial score (nSPS) is 41.8. The van der Waals surface area contributed by atoms with Gasteiger partial charge in [0.2, 0.25) is 0 Å². The summed E-state index contributed by atoms with van der Waals surface area (Å²) in [6, 6.07) is 0. The van der Waals surface area contributed by atoms with E-state index in [1.165, 1.54) is 21.2 Å². The van der Waals surface area contributed by atoms with E-state index in [0.717, 1.165) is 11.6 Å². The van der Waals surface area contributed by atoms with Crippen LogP contribution >= 0.6 is 8.58 Å². The Bertz CT molecular complexity index is 140. The minimum atomic E-state index is 0.910. The van der Waals surface area contributed by atoms with Gasteiger partial charge in [0.05, 0.1) is 0 Å². The van der Waals surface area contributed by atoms with Crippen LogP contribution in [0.2, 0.25) is 0 Å². The summed E-state index contributed by atoms with van der Waals surface area (Å²) in [6.45, 7) is 0. The molecule has 0 nitrogen and oxygen atoms in total. The molecule has 0 bridgehead atoms. The lowest BCUT2D eigenvalue weighted by molar-refractivity contribution is 0.683. The molecule has 2 aliphatic rings. The Balaban J connectivity index is 2.18. The number of fused-ring (bicyclic) bond motifs is 1. The zero-order valence-electron chi connectivity index (χ0n) is 5.38. The van der Waals surface area contributed by atoms with Crippen LogP contribution < -0.4 is 0 Å². The van der Waals surface area contributed by atoms with Crippen molar-refractivity contribution in [2.45, 2.75) is 12.1 Å². The average molecular weight is 138 g/mol. The van der Waals surface area contributed by atoms with E-state index in [-0.39, 0.29) is 0 Å². The molecule has 1 heterocycles. The number of hydrogen-bond acceptors (Lipinski definition) is 0. The summed E-state index contributed by atoms with van der Waals surface area (Å²) in [6.07, 6.45) is 12.0. The molecule has 1 heteroatoms. The van der Waals surface area contributed by atoms with Crippen molar-refractivity contribution in [3.05, 3.63) is 24.3 Å². The minimum Gasteiger partial charge on any atom is -0.114 e. The maximum absolute atomic E-state index is 2.37. The highest BCUT2D eigenvalue weighted by atomic mass is 31.1. The first-order valence-corrected chi connectivity index (χ1v) is 4.83. The van der Waals surface area contributed by atoms with Gasteiger partial charge in [0, 0.05) is 5.66 Å². The van der Waals surface area contributed by atoms with Crippen molar-refractivity contribution >= 4 is 8.58 Å². The number of hydrogen-bond donors (Lipinski definition) is 0. The van der Waals surface area contributed by atoms with Crippen LogP contribution in [0.5, 0.6) is 0 Å². The van der Waals surface area contributed by atoms with Gasteiger partial charge in [0.15, 0.2) is 0 Å². The Hall–Kier alpha value is -0.0900. The monoisotopic (exact) mass is 138 g/mol. The summed E-state index contributed by atoms with van der Waals surface area (Å²) in [4.78, 5) is 0. The fraction of sp³-hybridized carbons (Fsp3) is 0.500. The highest BCUT2D eigenvalue weighted by Gasteiger charge is 2.23. The summed E-state index contributed by atoms with van der Waals surface area (Å²) in [5.74, 6) is 0.910. The molecule has 1 aliphatic carbocycles. The van der Waals surface area contributed by atoms with Gasteiger partial charge in [0.25, 0.3) is 0 Å². The van der Waals surface area contributed by atoms with Gasteiger partial charge < -0.3 is 0 Å². The van der Waals surface area contributed by atoms with Gasteiger partial charge in [-0.15, -0.1) is 8.58 Å². The van der Waals surface area contributed by atoms with Crippen LogP contribution in [-0.4, -0.2) is 11.8 Å². The third-order valence-corrected chi connectivity index (χ3v) is 3.78. The Morgan fingerprint density at radius 1 is 1.22 bits per heavy atom. The SMILES string of the molecule is C1=CC2CCPC2C=C1. The van der Waals surface area contributed by atoms with Crippen LogP contribution in [-0.2, 0) is 0 Å². The Labute approximate surface area is 57.8 Å². The van der Waals surface area contributed by atoms with Crippen molar-refractivity contribution in [3.8, 4) is 0 Å². The predicted octanol–water partition coefficient (Wildman–Crippen LogP) is 2.18. The van der Waals surface area contributed by atoms with Crippen molar-refractivity contribution in [1.29, 1.82) is 0 Å². The molecule has 2 rings (SSSR count). The topological polar surface area (TPSA) is 0 Å². The van der Waals surface area contributed by atoms with E-state index in [9.17, 15) is 0 Å². The molecule has 0 saturated carbocycles. The van der Waals surface area contributed by atoms with E-state index in [2.05, 4.69) is 24.3 Å². The van der Waals surface area contributed by atoms with Gasteiger partial charge in [-0.25, -0.2) is 0 Å². The van der Waals surface area contributed by atoms with Crippen molar-refractivity contribution in [3.63, 3.8) is 0 Å². The van der Waals surface area contributed by atoms with Gasteiger partial charge in [-0.05, 0) is 18.5 Å². The molecule has 1 aliphatic heterocycles. The lowest BCUT2D eigenvalue weighted by Gasteiger charge is -2.13. The maximum atomic E-state index is 2.37. The zero-order valence-corrected chi connectivity index (χ0v) is 6.38. The molecule has 48 valence electrons. The van der Waals surface area contributed by atoms with Crippen LogP contribution in [0, 0.1) is 5.92 Å². The van der Waals surface area contributed by atoms with E-state index in [4.69, 9.17) is 0 Å². The maximum Gasteiger partial charge on any atom is 0.000888 e. The molecule has 0 aromatic heterocycles. The molecule has 0 amide bonds. The van der Waals surface area contributed by atoms with Crippen LogP contribution in [0.25, 0.3) is 0 Å². The first-order chi connectivity index (χ1) is 4.47. The average Bonchev–Trinajstić information content (AvgIpc) is 2.33. The van der Waals surface area contributed by atoms with E-state index < -0.39 is 0 Å². The van der Waals surface area contributed by atoms with Crippen LogP contribution in [0.1, 0.15) is 6.42 Å². The first kappa shape index (κ1) is 5.68. The van der Waals surface area contributed by atoms with Crippen LogP contribution in [0.15, 0.2) is 24.3 Å². The lowest BCUT2D eigenvalue weighted by atomic mass is 9.98. The van der Waals surface area contributed by atoms with Crippen molar-refractivity contribution in [2.75, 3.05) is 6.16 Å². The molecule has 9 heavy (non-hydrogen) atoms. The summed E-state index contributed by atoms with van der Waals surface area (Å²) in [7, 11) is 1.20.